The van der Waals surface area contributed by atoms with E-state index in [4.69, 9.17) is 23.7 Å². The Balaban J connectivity index is 2.65. The minimum atomic E-state index is -0.880. The quantitative estimate of drug-likeness (QED) is 0.224. The second-order valence-electron chi connectivity index (χ2n) is 9.56. The van der Waals surface area contributed by atoms with Crippen LogP contribution in [0.25, 0.3) is 0 Å². The van der Waals surface area contributed by atoms with Crippen molar-refractivity contribution in [2.75, 3.05) is 19.5 Å². The van der Waals surface area contributed by atoms with Gasteiger partial charge in [0.15, 0.2) is 12.4 Å². The van der Waals surface area contributed by atoms with Gasteiger partial charge in [-0.25, -0.2) is 9.59 Å². The molecule has 198 valence electrons. The van der Waals surface area contributed by atoms with E-state index in [-0.39, 0.29) is 17.1 Å². The number of hydrogen-bond acceptors (Lipinski definition) is 9. The van der Waals surface area contributed by atoms with Crippen molar-refractivity contribution in [3.63, 3.8) is 0 Å². The van der Waals surface area contributed by atoms with Crippen LogP contribution in [0.4, 0.5) is 4.79 Å². The van der Waals surface area contributed by atoms with Gasteiger partial charge in [-0.05, 0) is 34.1 Å². The summed E-state index contributed by atoms with van der Waals surface area (Å²) in [5.41, 5.74) is -0.686. The number of alkyl carbamates (subject to hydrolysis) is 1. The Hall–Kier alpha value is -1.52. The molecular formula is C24H43NO8S. The number of carbonyl (C=O) groups excluding carboxylic acids is 3. The maximum absolute atomic E-state index is 12.2. The van der Waals surface area contributed by atoms with Gasteiger partial charge in [0, 0.05) is 24.3 Å². The molecule has 1 amide bonds. The molecule has 1 heterocycles. The van der Waals surface area contributed by atoms with Crippen LogP contribution in [0.15, 0.2) is 0 Å². The Kier molecular flexibility index (Phi) is 13.9. The maximum Gasteiger partial charge on any atom is 0.408 e. The first-order chi connectivity index (χ1) is 15.9. The van der Waals surface area contributed by atoms with Gasteiger partial charge in [0.2, 0.25) is 0 Å². The molecule has 1 aliphatic rings. The summed E-state index contributed by atoms with van der Waals surface area (Å²) < 4.78 is 27.5. The fourth-order valence-corrected chi connectivity index (χ4v) is 4.64. The molecule has 0 bridgehead atoms. The molecule has 0 spiro atoms. The SMILES string of the molecule is CCCCCC[C@@H](C)O[C@@H]1OC[C@@H](SC[C@H](NC(=O)OC(C)(C)C)C(=O)OC)C[C@H]1OC(C)=O. The number of amides is 1. The van der Waals surface area contributed by atoms with Crippen molar-refractivity contribution < 1.29 is 38.1 Å². The molecular weight excluding hydrogens is 462 g/mol. The van der Waals surface area contributed by atoms with Crippen molar-refractivity contribution in [2.24, 2.45) is 0 Å². The van der Waals surface area contributed by atoms with Gasteiger partial charge in [0.25, 0.3) is 0 Å². The van der Waals surface area contributed by atoms with Gasteiger partial charge in [-0.1, -0.05) is 32.6 Å². The summed E-state index contributed by atoms with van der Waals surface area (Å²) in [6.45, 7) is 11.1. The number of unbranched alkanes of at least 4 members (excludes halogenated alkanes) is 3. The average Bonchev–Trinajstić information content (AvgIpc) is 2.73. The number of nitrogens with one attached hydrogen (secondary N) is 1. The molecule has 0 aromatic rings. The van der Waals surface area contributed by atoms with Gasteiger partial charge >= 0.3 is 18.0 Å². The third-order valence-corrected chi connectivity index (χ3v) is 6.39. The minimum absolute atomic E-state index is 0.00847. The van der Waals surface area contributed by atoms with Crippen LogP contribution in [0.1, 0.15) is 80.1 Å². The normalized spacial score (nSPS) is 22.4. The average molecular weight is 506 g/mol. The number of carbonyl (C=O) groups is 3. The van der Waals surface area contributed by atoms with E-state index in [9.17, 15) is 14.4 Å². The van der Waals surface area contributed by atoms with Crippen LogP contribution in [0, 0.1) is 0 Å². The van der Waals surface area contributed by atoms with E-state index in [1.54, 1.807) is 20.8 Å². The number of ether oxygens (including phenoxy) is 5. The molecule has 1 aliphatic heterocycles. The van der Waals surface area contributed by atoms with Gasteiger partial charge in [-0.3, -0.25) is 4.79 Å². The fraction of sp³-hybridized carbons (Fsp3) is 0.875. The van der Waals surface area contributed by atoms with Gasteiger partial charge in [0.05, 0.1) is 19.8 Å². The van der Waals surface area contributed by atoms with Crippen molar-refractivity contribution in [2.45, 2.75) is 115 Å². The summed E-state index contributed by atoms with van der Waals surface area (Å²) in [7, 11) is 1.27. The van der Waals surface area contributed by atoms with Crippen LogP contribution < -0.4 is 5.32 Å². The van der Waals surface area contributed by atoms with Crippen molar-refractivity contribution in [1.82, 2.24) is 5.32 Å². The first-order valence-corrected chi connectivity index (χ1v) is 13.1. The van der Waals surface area contributed by atoms with Crippen LogP contribution in [-0.2, 0) is 33.3 Å². The van der Waals surface area contributed by atoms with Gasteiger partial charge in [-0.2, -0.15) is 11.8 Å². The molecule has 0 saturated carbocycles. The first kappa shape index (κ1) is 30.5. The lowest BCUT2D eigenvalue weighted by Gasteiger charge is -2.36. The topological polar surface area (TPSA) is 109 Å². The van der Waals surface area contributed by atoms with Crippen molar-refractivity contribution in [3.05, 3.63) is 0 Å². The summed E-state index contributed by atoms with van der Waals surface area (Å²) in [5, 5.41) is 2.50. The van der Waals surface area contributed by atoms with Gasteiger partial charge < -0.3 is 29.0 Å². The lowest BCUT2D eigenvalue weighted by Crippen LogP contribution is -2.47. The Morgan fingerprint density at radius 2 is 1.88 bits per heavy atom. The molecule has 1 rings (SSSR count). The molecule has 1 saturated heterocycles. The summed E-state index contributed by atoms with van der Waals surface area (Å²) >= 11 is 1.44. The molecule has 0 aliphatic carbocycles. The number of thioether (sulfide) groups is 1. The summed E-state index contributed by atoms with van der Waals surface area (Å²) in [6.07, 6.45) is 4.19. The molecule has 1 N–H and O–H groups in total. The highest BCUT2D eigenvalue weighted by atomic mass is 32.2. The van der Waals surface area contributed by atoms with Crippen molar-refractivity contribution in [3.8, 4) is 0 Å². The van der Waals surface area contributed by atoms with E-state index in [1.165, 1.54) is 45.1 Å². The number of methoxy groups -OCH3 is 1. The largest absolute Gasteiger partial charge is 0.467 e. The highest BCUT2D eigenvalue weighted by molar-refractivity contribution is 8.00. The van der Waals surface area contributed by atoms with E-state index >= 15 is 0 Å². The predicted molar refractivity (Wildman–Crippen MR) is 131 cm³/mol. The second kappa shape index (κ2) is 15.5. The van der Waals surface area contributed by atoms with Crippen LogP contribution >= 0.6 is 11.8 Å². The lowest BCUT2D eigenvalue weighted by atomic mass is 10.1. The zero-order valence-corrected chi connectivity index (χ0v) is 22.5. The molecule has 0 aromatic carbocycles. The second-order valence-corrected chi connectivity index (χ2v) is 10.9. The zero-order valence-electron chi connectivity index (χ0n) is 21.7. The molecule has 5 atom stereocenters. The number of rotatable bonds is 13. The van der Waals surface area contributed by atoms with Crippen LogP contribution in [0.3, 0.4) is 0 Å². The molecule has 0 unspecified atom stereocenters. The third-order valence-electron chi connectivity index (χ3n) is 5.07. The number of hydrogen-bond donors (Lipinski definition) is 1. The molecule has 0 aromatic heterocycles. The van der Waals surface area contributed by atoms with E-state index in [2.05, 4.69) is 12.2 Å². The van der Waals surface area contributed by atoms with E-state index in [0.717, 1.165) is 12.8 Å². The highest BCUT2D eigenvalue weighted by Crippen LogP contribution is 2.29. The van der Waals surface area contributed by atoms with Gasteiger partial charge in [0.1, 0.15) is 11.6 Å². The smallest absolute Gasteiger partial charge is 0.408 e. The molecule has 1 fully saturated rings. The molecule has 34 heavy (non-hydrogen) atoms. The van der Waals surface area contributed by atoms with E-state index in [0.29, 0.717) is 13.0 Å². The summed E-state index contributed by atoms with van der Waals surface area (Å²) in [4.78, 5) is 36.0. The molecule has 9 nitrogen and oxygen atoms in total. The maximum atomic E-state index is 12.2. The molecule has 10 heteroatoms. The molecule has 0 radical (unpaired) electrons. The van der Waals surface area contributed by atoms with E-state index < -0.39 is 42.1 Å². The third kappa shape index (κ3) is 12.8. The van der Waals surface area contributed by atoms with Crippen molar-refractivity contribution in [1.29, 1.82) is 0 Å². The van der Waals surface area contributed by atoms with Crippen LogP contribution in [-0.4, -0.2) is 72.9 Å². The Morgan fingerprint density at radius 1 is 1.18 bits per heavy atom. The predicted octanol–water partition coefficient (Wildman–Crippen LogP) is 4.21. The Labute approximate surface area is 208 Å². The Morgan fingerprint density at radius 3 is 2.47 bits per heavy atom. The lowest BCUT2D eigenvalue weighted by molar-refractivity contribution is -0.239. The fourth-order valence-electron chi connectivity index (χ4n) is 3.46. The van der Waals surface area contributed by atoms with E-state index in [1.807, 2.05) is 6.92 Å². The van der Waals surface area contributed by atoms with Crippen molar-refractivity contribution >= 4 is 29.8 Å². The Bertz CT molecular complexity index is 639. The van der Waals surface area contributed by atoms with Crippen LogP contribution in [0.5, 0.6) is 0 Å². The highest BCUT2D eigenvalue weighted by Gasteiger charge is 2.36. The standard InChI is InChI=1S/C24H43NO8S/c1-8-9-10-11-12-16(2)31-22-20(32-17(3)26)13-18(14-30-22)34-15-19(21(27)29-7)25-23(28)33-24(4,5)6/h16,18-20,22H,8-15H2,1-7H3,(H,25,28)/t16-,18+,19+,20-,22+/m1/s1. The first-order valence-electron chi connectivity index (χ1n) is 12.1. The van der Waals surface area contributed by atoms with Gasteiger partial charge in [-0.15, -0.1) is 0 Å². The summed E-state index contributed by atoms with van der Waals surface area (Å²) in [6, 6.07) is -0.880. The minimum Gasteiger partial charge on any atom is -0.467 e. The monoisotopic (exact) mass is 505 g/mol. The number of esters is 2. The van der Waals surface area contributed by atoms with Crippen LogP contribution in [0.2, 0.25) is 0 Å². The summed E-state index contributed by atoms with van der Waals surface area (Å²) in [5.74, 6) is -0.710. The zero-order chi connectivity index (χ0) is 25.7.